The molecule has 6 nitrogen and oxygen atoms in total. The number of hydrogen-bond donors (Lipinski definition) is 2. The summed E-state index contributed by atoms with van der Waals surface area (Å²) >= 11 is 7.09. The molecule has 2 heterocycles. The lowest BCUT2D eigenvalue weighted by Crippen LogP contribution is -2.13. The van der Waals surface area contributed by atoms with Crippen molar-refractivity contribution in [1.82, 2.24) is 9.78 Å². The molecule has 0 aliphatic heterocycles. The normalized spacial score (nSPS) is 10.7. The molecule has 2 N–H and O–H groups in total. The second-order valence-corrected chi connectivity index (χ2v) is 7.95. The maximum atomic E-state index is 12.6. The third-order valence-corrected chi connectivity index (χ3v) is 5.64. The van der Waals surface area contributed by atoms with Gasteiger partial charge in [-0.25, -0.2) is 9.48 Å². The van der Waals surface area contributed by atoms with Gasteiger partial charge in [0.1, 0.15) is 10.6 Å². The number of aryl methyl sites for hydroxylation is 1. The Morgan fingerprint density at radius 2 is 1.93 bits per heavy atom. The van der Waals surface area contributed by atoms with E-state index in [0.29, 0.717) is 21.7 Å². The Bertz CT molecular complexity index is 1240. The van der Waals surface area contributed by atoms with Crippen molar-refractivity contribution in [3.05, 3.63) is 88.0 Å². The number of halogens is 1. The molecule has 4 rings (SSSR count). The lowest BCUT2D eigenvalue weighted by molar-refractivity contribution is 0.0699. The smallest absolute Gasteiger partial charge is 0.339 e. The van der Waals surface area contributed by atoms with E-state index in [2.05, 4.69) is 10.4 Å². The van der Waals surface area contributed by atoms with Crippen LogP contribution in [0.4, 0.5) is 5.00 Å². The van der Waals surface area contributed by atoms with E-state index in [1.54, 1.807) is 52.8 Å². The van der Waals surface area contributed by atoms with Crippen LogP contribution in [0.1, 0.15) is 26.3 Å². The van der Waals surface area contributed by atoms with Crippen molar-refractivity contribution in [2.75, 3.05) is 5.32 Å². The zero-order chi connectivity index (χ0) is 21.3. The van der Waals surface area contributed by atoms with Crippen LogP contribution in [-0.2, 0) is 0 Å². The van der Waals surface area contributed by atoms with Crippen molar-refractivity contribution in [3.63, 3.8) is 0 Å². The molecule has 0 bridgehead atoms. The van der Waals surface area contributed by atoms with E-state index in [-0.39, 0.29) is 16.5 Å². The van der Waals surface area contributed by atoms with E-state index < -0.39 is 5.97 Å². The molecule has 0 fully saturated rings. The number of aromatic carboxylic acids is 1. The zero-order valence-corrected chi connectivity index (χ0v) is 17.4. The van der Waals surface area contributed by atoms with Gasteiger partial charge in [0.05, 0.1) is 11.9 Å². The summed E-state index contributed by atoms with van der Waals surface area (Å²) in [6, 6.07) is 14.3. The Labute approximate surface area is 181 Å². The van der Waals surface area contributed by atoms with Gasteiger partial charge in [-0.1, -0.05) is 29.3 Å². The van der Waals surface area contributed by atoms with Crippen LogP contribution in [0.25, 0.3) is 16.8 Å². The van der Waals surface area contributed by atoms with Gasteiger partial charge in [-0.2, -0.15) is 5.10 Å². The average Bonchev–Trinajstić information content (AvgIpc) is 3.35. The summed E-state index contributed by atoms with van der Waals surface area (Å²) in [6.45, 7) is 1.89. The summed E-state index contributed by atoms with van der Waals surface area (Å²) in [7, 11) is 0. The summed E-state index contributed by atoms with van der Waals surface area (Å²) in [4.78, 5) is 24.6. The second-order valence-electron chi connectivity index (χ2n) is 6.63. The lowest BCUT2D eigenvalue weighted by atomic mass is 10.1. The van der Waals surface area contributed by atoms with E-state index in [1.165, 1.54) is 11.3 Å². The highest BCUT2D eigenvalue weighted by Crippen LogP contribution is 2.36. The SMILES string of the molecule is Cc1cccc(C(=O)Nc2scc(-c3cnn(-c4ccc(Cl)cc4)c3)c2C(=O)O)c1. The first kappa shape index (κ1) is 19.9. The molecular weight excluding hydrogens is 422 g/mol. The van der Waals surface area contributed by atoms with E-state index in [0.717, 1.165) is 11.3 Å². The van der Waals surface area contributed by atoms with Gasteiger partial charge >= 0.3 is 5.97 Å². The van der Waals surface area contributed by atoms with Gasteiger partial charge in [0.25, 0.3) is 5.91 Å². The number of carboxylic acids is 1. The van der Waals surface area contributed by atoms with Crippen molar-refractivity contribution >= 4 is 39.8 Å². The Balaban J connectivity index is 1.66. The number of benzene rings is 2. The van der Waals surface area contributed by atoms with E-state index in [4.69, 9.17) is 11.6 Å². The van der Waals surface area contributed by atoms with Gasteiger partial charge in [-0.05, 0) is 43.3 Å². The molecule has 1 amide bonds. The third kappa shape index (κ3) is 3.98. The summed E-state index contributed by atoms with van der Waals surface area (Å²) in [6.07, 6.45) is 3.33. The van der Waals surface area contributed by atoms with Crippen LogP contribution in [0, 0.1) is 6.92 Å². The molecule has 0 aliphatic rings. The van der Waals surface area contributed by atoms with Gasteiger partial charge in [0, 0.05) is 33.3 Å². The molecular formula is C22H16ClN3O3S. The van der Waals surface area contributed by atoms with Crippen LogP contribution in [0.3, 0.4) is 0 Å². The predicted molar refractivity (Wildman–Crippen MR) is 118 cm³/mol. The number of amides is 1. The number of thiophene rings is 1. The first-order valence-corrected chi connectivity index (χ1v) is 10.2. The predicted octanol–water partition coefficient (Wildman–Crippen LogP) is 5.51. The molecule has 4 aromatic rings. The van der Waals surface area contributed by atoms with Crippen LogP contribution in [-0.4, -0.2) is 26.8 Å². The van der Waals surface area contributed by atoms with Crippen LogP contribution in [0.2, 0.25) is 5.02 Å². The Kier molecular flexibility index (Phi) is 5.39. The van der Waals surface area contributed by atoms with Crippen LogP contribution >= 0.6 is 22.9 Å². The Morgan fingerprint density at radius 3 is 2.63 bits per heavy atom. The number of anilines is 1. The highest BCUT2D eigenvalue weighted by molar-refractivity contribution is 7.15. The quantitative estimate of drug-likeness (QED) is 0.431. The van der Waals surface area contributed by atoms with Gasteiger partial charge in [0.2, 0.25) is 0 Å². The number of nitrogens with zero attached hydrogens (tertiary/aromatic N) is 2. The molecule has 2 aromatic heterocycles. The highest BCUT2D eigenvalue weighted by atomic mass is 35.5. The third-order valence-electron chi connectivity index (χ3n) is 4.50. The number of carboxylic acid groups (broad SMARTS) is 1. The van der Waals surface area contributed by atoms with Gasteiger partial charge in [-0.15, -0.1) is 11.3 Å². The van der Waals surface area contributed by atoms with E-state index in [9.17, 15) is 14.7 Å². The average molecular weight is 438 g/mol. The van der Waals surface area contributed by atoms with Crippen molar-refractivity contribution in [3.8, 4) is 16.8 Å². The molecule has 2 aromatic carbocycles. The molecule has 150 valence electrons. The lowest BCUT2D eigenvalue weighted by Gasteiger charge is -2.06. The number of hydrogen-bond acceptors (Lipinski definition) is 4. The Morgan fingerprint density at radius 1 is 1.17 bits per heavy atom. The zero-order valence-electron chi connectivity index (χ0n) is 15.8. The number of carbonyl (C=O) groups is 2. The minimum absolute atomic E-state index is 0.0386. The fourth-order valence-corrected chi connectivity index (χ4v) is 4.12. The minimum atomic E-state index is -1.12. The maximum absolute atomic E-state index is 12.6. The number of aromatic nitrogens is 2. The molecule has 8 heteroatoms. The van der Waals surface area contributed by atoms with E-state index in [1.807, 2.05) is 25.1 Å². The minimum Gasteiger partial charge on any atom is -0.478 e. The maximum Gasteiger partial charge on any atom is 0.339 e. The highest BCUT2D eigenvalue weighted by Gasteiger charge is 2.22. The van der Waals surface area contributed by atoms with Crippen LogP contribution < -0.4 is 5.32 Å². The first-order valence-electron chi connectivity index (χ1n) is 8.96. The Hall–Kier alpha value is -3.42. The summed E-state index contributed by atoms with van der Waals surface area (Å²) in [5.74, 6) is -1.48. The summed E-state index contributed by atoms with van der Waals surface area (Å²) in [5.41, 5.74) is 3.38. The number of rotatable bonds is 5. The molecule has 0 saturated carbocycles. The summed E-state index contributed by atoms with van der Waals surface area (Å²) < 4.78 is 1.64. The van der Waals surface area contributed by atoms with E-state index >= 15 is 0 Å². The molecule has 0 unspecified atom stereocenters. The first-order chi connectivity index (χ1) is 14.4. The van der Waals surface area contributed by atoms with Crippen LogP contribution in [0.15, 0.2) is 66.3 Å². The largest absolute Gasteiger partial charge is 0.478 e. The molecule has 0 aliphatic carbocycles. The molecule has 0 radical (unpaired) electrons. The van der Waals surface area contributed by atoms with Crippen molar-refractivity contribution in [2.24, 2.45) is 0 Å². The molecule has 0 spiro atoms. The number of nitrogens with one attached hydrogen (secondary N) is 1. The van der Waals surface area contributed by atoms with Gasteiger partial charge < -0.3 is 10.4 Å². The fraction of sp³-hybridized carbons (Fsp3) is 0.0455. The summed E-state index contributed by atoms with van der Waals surface area (Å²) in [5, 5.41) is 19.4. The van der Waals surface area contributed by atoms with Gasteiger partial charge in [-0.3, -0.25) is 4.79 Å². The standard InChI is InChI=1S/C22H16ClN3O3S/c1-13-3-2-4-14(9-13)20(27)25-21-19(22(28)29)18(12-30-21)15-10-24-26(11-15)17-7-5-16(23)6-8-17/h2-12H,1H3,(H,25,27)(H,28,29). The van der Waals surface area contributed by atoms with Crippen molar-refractivity contribution < 1.29 is 14.7 Å². The molecule has 30 heavy (non-hydrogen) atoms. The molecule has 0 atom stereocenters. The fourth-order valence-electron chi connectivity index (χ4n) is 3.03. The topological polar surface area (TPSA) is 84.2 Å². The van der Waals surface area contributed by atoms with Crippen molar-refractivity contribution in [1.29, 1.82) is 0 Å². The van der Waals surface area contributed by atoms with Gasteiger partial charge in [0.15, 0.2) is 0 Å². The van der Waals surface area contributed by atoms with Crippen molar-refractivity contribution in [2.45, 2.75) is 6.92 Å². The number of carbonyl (C=O) groups excluding carboxylic acids is 1. The monoisotopic (exact) mass is 437 g/mol. The second kappa shape index (κ2) is 8.14. The van der Waals surface area contributed by atoms with Crippen LogP contribution in [0.5, 0.6) is 0 Å². The molecule has 0 saturated heterocycles.